The van der Waals surface area contributed by atoms with Crippen LogP contribution in [0.3, 0.4) is 0 Å². The Balaban J connectivity index is 1.41. The third-order valence-electron chi connectivity index (χ3n) is 7.61. The van der Waals surface area contributed by atoms with E-state index < -0.39 is 30.7 Å². The molecule has 0 amide bonds. The zero-order valence-electron chi connectivity index (χ0n) is 26.4. The van der Waals surface area contributed by atoms with E-state index in [1.54, 1.807) is 10.8 Å². The molecule has 0 saturated carbocycles. The van der Waals surface area contributed by atoms with E-state index in [0.717, 1.165) is 34.4 Å². The highest BCUT2D eigenvalue weighted by atomic mass is 33.1. The molecule has 4 aromatic carbocycles. The molecule has 1 saturated heterocycles. The zero-order chi connectivity index (χ0) is 31.7. The Labute approximate surface area is 281 Å². The summed E-state index contributed by atoms with van der Waals surface area (Å²) in [6.07, 6.45) is 0.372. The third-order valence-corrected chi connectivity index (χ3v) is 9.51. The van der Waals surface area contributed by atoms with Crippen molar-refractivity contribution in [3.05, 3.63) is 144 Å². The summed E-state index contributed by atoms with van der Waals surface area (Å²) in [5.74, 6) is 0.990. The molecular weight excluding hydrogens is 617 g/mol. The van der Waals surface area contributed by atoms with Crippen molar-refractivity contribution in [2.24, 2.45) is 0 Å². The van der Waals surface area contributed by atoms with Gasteiger partial charge in [-0.05, 0) is 34.9 Å². The molecule has 1 fully saturated rings. The maximum Gasteiger partial charge on any atom is 0.186 e. The number of ether oxygens (including phenoxy) is 6. The number of hydrogen-bond acceptors (Lipinski definition) is 8. The van der Waals surface area contributed by atoms with Gasteiger partial charge in [0.25, 0.3) is 0 Å². The quantitative estimate of drug-likeness (QED) is 0.0739. The maximum atomic E-state index is 6.77. The summed E-state index contributed by atoms with van der Waals surface area (Å²) >= 11 is 0. The largest absolute Gasteiger partial charge is 0.374 e. The van der Waals surface area contributed by atoms with E-state index in [0.29, 0.717) is 39.6 Å². The lowest BCUT2D eigenvalue weighted by Gasteiger charge is -2.46. The van der Waals surface area contributed by atoms with E-state index >= 15 is 0 Å². The van der Waals surface area contributed by atoms with E-state index in [4.69, 9.17) is 28.4 Å². The van der Waals surface area contributed by atoms with Gasteiger partial charge in [-0.3, -0.25) is 0 Å². The van der Waals surface area contributed by atoms with Crippen LogP contribution in [0.1, 0.15) is 28.7 Å². The van der Waals surface area contributed by atoms with Gasteiger partial charge in [-0.15, -0.1) is 0 Å². The molecule has 244 valence electrons. The first kappa shape index (κ1) is 34.7. The van der Waals surface area contributed by atoms with Crippen molar-refractivity contribution in [1.29, 1.82) is 0 Å². The van der Waals surface area contributed by atoms with Gasteiger partial charge in [0, 0.05) is 5.75 Å². The fourth-order valence-electron chi connectivity index (χ4n) is 5.28. The molecular formula is C38H44O6S2. The van der Waals surface area contributed by atoms with Crippen LogP contribution in [0.5, 0.6) is 0 Å². The summed E-state index contributed by atoms with van der Waals surface area (Å²) in [5.41, 5.74) is 4.30. The predicted octanol–water partition coefficient (Wildman–Crippen LogP) is 8.10. The smallest absolute Gasteiger partial charge is 0.186 e. The van der Waals surface area contributed by atoms with Crippen molar-refractivity contribution in [3.63, 3.8) is 0 Å². The number of hydrogen-bond donors (Lipinski definition) is 0. The molecule has 1 heterocycles. The van der Waals surface area contributed by atoms with Gasteiger partial charge >= 0.3 is 0 Å². The van der Waals surface area contributed by atoms with Crippen LogP contribution in [-0.4, -0.2) is 55.9 Å². The molecule has 5 atom stereocenters. The first-order valence-electron chi connectivity index (χ1n) is 15.8. The summed E-state index contributed by atoms with van der Waals surface area (Å²) < 4.78 is 39.6. The van der Waals surface area contributed by atoms with E-state index in [-0.39, 0.29) is 0 Å². The highest BCUT2D eigenvalue weighted by molar-refractivity contribution is 8.76. The van der Waals surface area contributed by atoms with Crippen LogP contribution < -0.4 is 0 Å². The fraction of sp³-hybridized carbons (Fsp3) is 0.368. The van der Waals surface area contributed by atoms with Gasteiger partial charge in [0.2, 0.25) is 0 Å². The van der Waals surface area contributed by atoms with Crippen LogP contribution in [0.2, 0.25) is 0 Å². The van der Waals surface area contributed by atoms with Gasteiger partial charge in [-0.1, -0.05) is 143 Å². The molecule has 0 bridgehead atoms. The summed E-state index contributed by atoms with van der Waals surface area (Å²) in [6, 6.07) is 40.7. The van der Waals surface area contributed by atoms with E-state index in [1.807, 2.05) is 83.6 Å². The summed E-state index contributed by atoms with van der Waals surface area (Å²) in [6.45, 7) is 2.51. The molecule has 0 aliphatic carbocycles. The maximum absolute atomic E-state index is 6.77. The first-order chi connectivity index (χ1) is 22.8. The molecule has 8 heteroatoms. The van der Waals surface area contributed by atoms with Crippen LogP contribution in [0.15, 0.2) is 121 Å². The summed E-state index contributed by atoms with van der Waals surface area (Å²) in [5, 5.41) is 0. The molecule has 4 aromatic rings. The summed E-state index contributed by atoms with van der Waals surface area (Å²) in [4.78, 5) is 0. The van der Waals surface area contributed by atoms with Gasteiger partial charge in [0.15, 0.2) is 6.29 Å². The lowest BCUT2D eigenvalue weighted by Crippen LogP contribution is -2.61. The lowest BCUT2D eigenvalue weighted by atomic mass is 9.97. The number of benzene rings is 4. The Morgan fingerprint density at radius 3 is 1.50 bits per heavy atom. The lowest BCUT2D eigenvalue weighted by molar-refractivity contribution is -0.328. The minimum atomic E-state index is -0.661. The van der Waals surface area contributed by atoms with Crippen LogP contribution in [0, 0.1) is 0 Å². The Hall–Kier alpha value is -2.66. The van der Waals surface area contributed by atoms with Crippen molar-refractivity contribution in [1.82, 2.24) is 0 Å². The molecule has 46 heavy (non-hydrogen) atoms. The van der Waals surface area contributed by atoms with Gasteiger partial charge < -0.3 is 28.4 Å². The second kappa shape index (κ2) is 19.9. The molecule has 0 unspecified atom stereocenters. The summed E-state index contributed by atoms with van der Waals surface area (Å²) in [7, 11) is 3.59. The molecule has 0 aromatic heterocycles. The highest BCUT2D eigenvalue weighted by Crippen LogP contribution is 2.32. The second-order valence-corrected chi connectivity index (χ2v) is 13.7. The Morgan fingerprint density at radius 2 is 1.00 bits per heavy atom. The van der Waals surface area contributed by atoms with Crippen molar-refractivity contribution in [3.8, 4) is 0 Å². The molecule has 0 spiro atoms. The topological polar surface area (TPSA) is 55.4 Å². The standard InChI is InChI=1S/C38H44O6S2/c1-45-46-24-14-23-40-38-37(43-28-33-21-12-5-13-22-33)36(42-27-32-19-10-4-11-20-32)35(41-26-31-17-8-3-9-18-31)34(44-38)29-39-25-30-15-6-2-7-16-30/h2-13,15-22,34-38H,14,23-29H2,1H3/t34-,35-,36+,37+,38+/m1/s1. The third kappa shape index (κ3) is 11.2. The second-order valence-electron chi connectivity index (χ2n) is 11.0. The van der Waals surface area contributed by atoms with E-state index in [9.17, 15) is 0 Å². The van der Waals surface area contributed by atoms with Crippen molar-refractivity contribution < 1.29 is 28.4 Å². The van der Waals surface area contributed by atoms with Gasteiger partial charge in [0.05, 0.1) is 39.6 Å². The van der Waals surface area contributed by atoms with Crippen molar-refractivity contribution in [2.45, 2.75) is 63.6 Å². The predicted molar refractivity (Wildman–Crippen MR) is 186 cm³/mol. The van der Waals surface area contributed by atoms with Gasteiger partial charge in [-0.25, -0.2) is 0 Å². The normalized spacial score (nSPS) is 21.3. The van der Waals surface area contributed by atoms with E-state index in [2.05, 4.69) is 54.8 Å². The van der Waals surface area contributed by atoms with Crippen LogP contribution in [-0.2, 0) is 54.8 Å². The van der Waals surface area contributed by atoms with Crippen LogP contribution in [0.4, 0.5) is 0 Å². The SMILES string of the molecule is CSSCCCO[C@H]1O[C@H](COCc2ccccc2)[C@@H](OCc2ccccc2)[C@H](OCc2ccccc2)[C@@H]1OCc1ccccc1. The van der Waals surface area contributed by atoms with Crippen molar-refractivity contribution in [2.75, 3.05) is 25.2 Å². The minimum Gasteiger partial charge on any atom is -0.374 e. The molecule has 0 radical (unpaired) electrons. The molecule has 5 rings (SSSR count). The first-order valence-corrected chi connectivity index (χ1v) is 18.5. The molecule has 1 aliphatic heterocycles. The molecule has 0 N–H and O–H groups in total. The van der Waals surface area contributed by atoms with E-state index in [1.165, 1.54) is 0 Å². The Kier molecular flexibility index (Phi) is 15.0. The van der Waals surface area contributed by atoms with Gasteiger partial charge in [0.1, 0.15) is 24.4 Å². The average molecular weight is 661 g/mol. The fourth-order valence-corrected chi connectivity index (χ4v) is 6.54. The monoisotopic (exact) mass is 660 g/mol. The average Bonchev–Trinajstić information content (AvgIpc) is 3.11. The zero-order valence-corrected chi connectivity index (χ0v) is 28.0. The van der Waals surface area contributed by atoms with Crippen LogP contribution in [0.25, 0.3) is 0 Å². The Morgan fingerprint density at radius 1 is 0.543 bits per heavy atom. The minimum absolute atomic E-state index is 0.313. The number of rotatable bonds is 19. The molecule has 1 aliphatic rings. The Bertz CT molecular complexity index is 1350. The van der Waals surface area contributed by atoms with Crippen molar-refractivity contribution >= 4 is 21.6 Å². The van der Waals surface area contributed by atoms with Crippen LogP contribution >= 0.6 is 21.6 Å². The highest BCUT2D eigenvalue weighted by Gasteiger charge is 2.49. The van der Waals surface area contributed by atoms with Gasteiger partial charge in [-0.2, -0.15) is 0 Å². The molecule has 6 nitrogen and oxygen atoms in total.